The largest absolute Gasteiger partial charge is 0.458 e. The van der Waals surface area contributed by atoms with Crippen molar-refractivity contribution in [2.45, 2.75) is 81.1 Å². The van der Waals surface area contributed by atoms with Gasteiger partial charge >= 0.3 is 12.1 Å². The van der Waals surface area contributed by atoms with E-state index in [0.717, 1.165) is 24.0 Å². The van der Waals surface area contributed by atoms with Crippen LogP contribution in [0.25, 0.3) is 0 Å². The van der Waals surface area contributed by atoms with Gasteiger partial charge in [-0.15, -0.1) is 0 Å². The molecule has 0 aromatic rings. The molecule has 32 heavy (non-hydrogen) atoms. The fraction of sp³-hybridized carbons (Fsp3) is 0.783. The number of Topliss-reactive ketones (excluding diaryl/α,β-unsaturated/α-hetero) is 1. The summed E-state index contributed by atoms with van der Waals surface area (Å²) in [5.41, 5.74) is -1.11. The van der Waals surface area contributed by atoms with Gasteiger partial charge in [-0.2, -0.15) is 0 Å². The quantitative estimate of drug-likeness (QED) is 0.495. The second-order valence-corrected chi connectivity index (χ2v) is 10.5. The number of epoxide rings is 3. The van der Waals surface area contributed by atoms with Crippen molar-refractivity contribution in [2.24, 2.45) is 11.3 Å². The highest BCUT2D eigenvalue weighted by Crippen LogP contribution is 2.81. The Morgan fingerprint density at radius 3 is 2.88 bits per heavy atom. The van der Waals surface area contributed by atoms with Gasteiger partial charge in [-0.3, -0.25) is 4.79 Å². The lowest BCUT2D eigenvalue weighted by atomic mass is 9.47. The molecule has 0 aromatic carbocycles. The normalized spacial score (nSPS) is 50.7. The first-order valence-corrected chi connectivity index (χ1v) is 11.7. The van der Waals surface area contributed by atoms with Crippen molar-refractivity contribution in [1.82, 2.24) is 5.32 Å². The molecule has 3 saturated heterocycles. The van der Waals surface area contributed by atoms with Crippen molar-refractivity contribution in [3.8, 4) is 0 Å². The van der Waals surface area contributed by atoms with Crippen LogP contribution < -0.4 is 5.32 Å². The van der Waals surface area contributed by atoms with Crippen molar-refractivity contribution in [3.05, 3.63) is 11.1 Å². The number of ether oxygens (including phenoxy) is 5. The second-order valence-electron chi connectivity index (χ2n) is 10.5. The number of alkyl carbamates (subject to hydrolysis) is 1. The summed E-state index contributed by atoms with van der Waals surface area (Å²) < 4.78 is 29.3. The van der Waals surface area contributed by atoms with Gasteiger partial charge in [0, 0.05) is 24.0 Å². The number of cyclic esters (lactones) is 1. The standard InChI is InChI=1S/C23H27NO8/c1-3-7-24-19(27)28-8-6-21-15(31-21)16-23(32-16)20(2)5-4-11-12(10-29-17(11)25)13(20)9-14-22(23,30-14)18(21)26/h13-16H,3-10H2,1-2H3,(H,24,27)/t13-,14-,15-,16-,20-,21-,22+,23+/m0/s1. The van der Waals surface area contributed by atoms with E-state index in [1.807, 2.05) is 6.92 Å². The molecule has 3 aliphatic carbocycles. The number of rotatable bonds is 5. The molecule has 0 radical (unpaired) electrons. The third-order valence-corrected chi connectivity index (χ3v) is 9.27. The van der Waals surface area contributed by atoms with Gasteiger partial charge in [0.15, 0.2) is 11.2 Å². The van der Waals surface area contributed by atoms with Crippen LogP contribution in [0.1, 0.15) is 46.0 Å². The van der Waals surface area contributed by atoms with Gasteiger partial charge in [0.25, 0.3) is 0 Å². The lowest BCUT2D eigenvalue weighted by molar-refractivity contribution is -0.138. The molecule has 9 nitrogen and oxygen atoms in total. The summed E-state index contributed by atoms with van der Waals surface area (Å²) >= 11 is 0. The molecule has 5 fully saturated rings. The highest BCUT2D eigenvalue weighted by Gasteiger charge is 3.00. The summed E-state index contributed by atoms with van der Waals surface area (Å²) in [5.74, 6) is -0.147. The van der Waals surface area contributed by atoms with Crippen LogP contribution in [0.15, 0.2) is 11.1 Å². The topological polar surface area (TPSA) is 119 Å². The molecule has 0 unspecified atom stereocenters. The molecule has 2 spiro atoms. The summed E-state index contributed by atoms with van der Waals surface area (Å²) in [6.07, 6.45) is 1.95. The number of hydrogen-bond donors (Lipinski definition) is 1. The van der Waals surface area contributed by atoms with E-state index in [-0.39, 0.29) is 48.0 Å². The zero-order chi connectivity index (χ0) is 22.1. The second kappa shape index (κ2) is 5.74. The molecule has 4 heterocycles. The molecule has 8 atom stereocenters. The van der Waals surface area contributed by atoms with Crippen LogP contribution in [0.2, 0.25) is 0 Å². The number of carbonyl (C=O) groups excluding carboxylic acids is 3. The Kier molecular flexibility index (Phi) is 3.50. The predicted octanol–water partition coefficient (Wildman–Crippen LogP) is 1.18. The van der Waals surface area contributed by atoms with E-state index in [4.69, 9.17) is 23.7 Å². The van der Waals surface area contributed by atoms with Gasteiger partial charge in [0.1, 0.15) is 24.4 Å². The molecule has 9 heteroatoms. The lowest BCUT2D eigenvalue weighted by Gasteiger charge is -2.51. The molecular formula is C23H27NO8. The number of fused-ring (bicyclic) bond motifs is 4. The Balaban J connectivity index is 1.16. The van der Waals surface area contributed by atoms with Gasteiger partial charge < -0.3 is 29.0 Å². The van der Waals surface area contributed by atoms with E-state index in [9.17, 15) is 14.4 Å². The number of esters is 1. The molecule has 0 bridgehead atoms. The molecule has 1 amide bonds. The van der Waals surface area contributed by atoms with Crippen LogP contribution >= 0.6 is 0 Å². The van der Waals surface area contributed by atoms with Crippen molar-refractivity contribution in [1.29, 1.82) is 0 Å². The number of carbonyl (C=O) groups is 3. The Morgan fingerprint density at radius 2 is 2.06 bits per heavy atom. The Labute approximate surface area is 185 Å². The summed E-state index contributed by atoms with van der Waals surface area (Å²) in [4.78, 5) is 37.8. The van der Waals surface area contributed by atoms with Crippen molar-refractivity contribution >= 4 is 17.8 Å². The summed E-state index contributed by atoms with van der Waals surface area (Å²) in [6.45, 7) is 5.14. The number of hydrogen-bond acceptors (Lipinski definition) is 8. The molecule has 7 rings (SSSR count). The van der Waals surface area contributed by atoms with Gasteiger partial charge in [0.05, 0.1) is 12.7 Å². The highest BCUT2D eigenvalue weighted by molar-refractivity contribution is 6.05. The number of amides is 1. The minimum atomic E-state index is -0.987. The van der Waals surface area contributed by atoms with Crippen molar-refractivity contribution in [3.63, 3.8) is 0 Å². The van der Waals surface area contributed by atoms with Crippen LogP contribution in [-0.2, 0) is 33.3 Å². The number of nitrogens with one attached hydrogen (secondary N) is 1. The Bertz CT molecular complexity index is 1010. The summed E-state index contributed by atoms with van der Waals surface area (Å²) in [6, 6.07) is 0. The van der Waals surface area contributed by atoms with E-state index in [2.05, 4.69) is 12.2 Å². The van der Waals surface area contributed by atoms with Gasteiger partial charge in [-0.1, -0.05) is 13.8 Å². The Hall–Kier alpha value is -1.97. The minimum Gasteiger partial charge on any atom is -0.458 e. The van der Waals surface area contributed by atoms with E-state index in [1.54, 1.807) is 0 Å². The van der Waals surface area contributed by atoms with Crippen LogP contribution in [0.5, 0.6) is 0 Å². The zero-order valence-corrected chi connectivity index (χ0v) is 18.2. The molecule has 172 valence electrons. The van der Waals surface area contributed by atoms with Crippen molar-refractivity contribution < 1.29 is 38.1 Å². The lowest BCUT2D eigenvalue weighted by Crippen LogP contribution is -2.67. The van der Waals surface area contributed by atoms with Crippen LogP contribution in [0.3, 0.4) is 0 Å². The maximum atomic E-state index is 13.9. The zero-order valence-electron chi connectivity index (χ0n) is 18.2. The molecule has 2 saturated carbocycles. The minimum absolute atomic E-state index is 0.0514. The van der Waals surface area contributed by atoms with Crippen LogP contribution in [0.4, 0.5) is 4.79 Å². The number of ketones is 1. The van der Waals surface area contributed by atoms with E-state index < -0.39 is 22.9 Å². The van der Waals surface area contributed by atoms with Gasteiger partial charge in [-0.05, 0) is 37.2 Å². The average Bonchev–Trinajstić information content (AvgIpc) is 3.67. The molecular weight excluding hydrogens is 418 g/mol. The molecule has 7 aliphatic rings. The van der Waals surface area contributed by atoms with E-state index >= 15 is 0 Å². The monoisotopic (exact) mass is 445 g/mol. The maximum absolute atomic E-state index is 13.9. The van der Waals surface area contributed by atoms with Crippen molar-refractivity contribution in [2.75, 3.05) is 19.8 Å². The van der Waals surface area contributed by atoms with E-state index in [0.29, 0.717) is 32.4 Å². The fourth-order valence-corrected chi connectivity index (χ4v) is 7.63. The first kappa shape index (κ1) is 19.5. The smallest absolute Gasteiger partial charge is 0.407 e. The van der Waals surface area contributed by atoms with Crippen LogP contribution in [-0.4, -0.2) is 72.7 Å². The molecule has 4 aliphatic heterocycles. The Morgan fingerprint density at radius 1 is 1.22 bits per heavy atom. The predicted molar refractivity (Wildman–Crippen MR) is 106 cm³/mol. The average molecular weight is 445 g/mol. The SMILES string of the molecule is CCCNC(=O)OCC[C@]12O[C@H]1[C@@H]1O[C@@]13[C@@]1(C)CCC4=C(COC4=O)[C@@H]1C[C@@H]1O[C@@]13C2=O. The summed E-state index contributed by atoms with van der Waals surface area (Å²) in [7, 11) is 0. The highest BCUT2D eigenvalue weighted by atomic mass is 16.7. The molecule has 1 N–H and O–H groups in total. The van der Waals surface area contributed by atoms with Gasteiger partial charge in [-0.25, -0.2) is 9.59 Å². The third kappa shape index (κ3) is 1.93. The first-order valence-electron chi connectivity index (χ1n) is 11.7. The fourth-order valence-electron chi connectivity index (χ4n) is 7.63. The third-order valence-electron chi connectivity index (χ3n) is 9.27. The molecule has 0 aromatic heterocycles. The summed E-state index contributed by atoms with van der Waals surface area (Å²) in [5, 5.41) is 2.67. The van der Waals surface area contributed by atoms with E-state index in [1.165, 1.54) is 0 Å². The van der Waals surface area contributed by atoms with Crippen LogP contribution in [0, 0.1) is 11.3 Å². The van der Waals surface area contributed by atoms with Gasteiger partial charge in [0.2, 0.25) is 5.78 Å². The maximum Gasteiger partial charge on any atom is 0.407 e. The first-order chi connectivity index (χ1) is 15.4.